The topological polar surface area (TPSA) is 29.5 Å². The lowest BCUT2D eigenvalue weighted by molar-refractivity contribution is -0.135. The van der Waals surface area contributed by atoms with Crippen molar-refractivity contribution < 1.29 is 9.84 Å². The van der Waals surface area contributed by atoms with E-state index in [1.54, 1.807) is 0 Å². The average molecular weight is 258 g/mol. The normalized spacial score (nSPS) is 30.1. The zero-order valence-corrected chi connectivity index (χ0v) is 11.7. The molecular formula is C17H22O2. The average Bonchev–Trinajstić information content (AvgIpc) is 2.38. The SMILES string of the molecule is CC1(C)CCCC2=C1C(O)OC(c1ccccc1)C2. The van der Waals surface area contributed by atoms with Crippen LogP contribution in [-0.2, 0) is 4.74 Å². The van der Waals surface area contributed by atoms with Gasteiger partial charge in [0.15, 0.2) is 6.29 Å². The van der Waals surface area contributed by atoms with Crippen molar-refractivity contribution in [2.24, 2.45) is 5.41 Å². The van der Waals surface area contributed by atoms with Crippen LogP contribution in [0.1, 0.15) is 51.2 Å². The molecule has 0 bridgehead atoms. The van der Waals surface area contributed by atoms with E-state index in [1.807, 2.05) is 18.2 Å². The molecule has 19 heavy (non-hydrogen) atoms. The van der Waals surface area contributed by atoms with E-state index in [0.29, 0.717) is 0 Å². The molecule has 2 aliphatic rings. The fourth-order valence-electron chi connectivity index (χ4n) is 3.57. The predicted octanol–water partition coefficient (Wildman–Crippen LogP) is 3.97. The van der Waals surface area contributed by atoms with E-state index >= 15 is 0 Å². The quantitative estimate of drug-likeness (QED) is 0.772. The van der Waals surface area contributed by atoms with Gasteiger partial charge in [0.05, 0.1) is 6.10 Å². The zero-order valence-electron chi connectivity index (χ0n) is 11.7. The van der Waals surface area contributed by atoms with E-state index in [0.717, 1.165) is 30.4 Å². The first kappa shape index (κ1) is 12.9. The first-order valence-electron chi connectivity index (χ1n) is 7.19. The van der Waals surface area contributed by atoms with Gasteiger partial charge in [0.2, 0.25) is 0 Å². The van der Waals surface area contributed by atoms with E-state index in [9.17, 15) is 5.11 Å². The Hall–Kier alpha value is -1.12. The Labute approximate surface area is 115 Å². The summed E-state index contributed by atoms with van der Waals surface area (Å²) in [4.78, 5) is 0. The van der Waals surface area contributed by atoms with Crippen LogP contribution < -0.4 is 0 Å². The number of aliphatic hydroxyl groups excluding tert-OH is 1. The molecule has 2 heteroatoms. The van der Waals surface area contributed by atoms with Gasteiger partial charge in [-0.05, 0) is 42.2 Å². The van der Waals surface area contributed by atoms with Crippen LogP contribution in [0.15, 0.2) is 41.5 Å². The molecule has 0 fully saturated rings. The molecule has 1 N–H and O–H groups in total. The summed E-state index contributed by atoms with van der Waals surface area (Å²) in [5, 5.41) is 10.4. The molecule has 1 heterocycles. The van der Waals surface area contributed by atoms with E-state index in [4.69, 9.17) is 4.74 Å². The second kappa shape index (κ2) is 4.77. The van der Waals surface area contributed by atoms with Gasteiger partial charge >= 0.3 is 0 Å². The van der Waals surface area contributed by atoms with Crippen molar-refractivity contribution in [3.63, 3.8) is 0 Å². The monoisotopic (exact) mass is 258 g/mol. The lowest BCUT2D eigenvalue weighted by Gasteiger charge is -2.42. The Bertz CT molecular complexity index is 487. The van der Waals surface area contributed by atoms with Crippen molar-refractivity contribution in [1.82, 2.24) is 0 Å². The van der Waals surface area contributed by atoms with Crippen LogP contribution in [0.25, 0.3) is 0 Å². The maximum atomic E-state index is 10.4. The number of aliphatic hydroxyl groups is 1. The summed E-state index contributed by atoms with van der Waals surface area (Å²) < 4.78 is 5.88. The summed E-state index contributed by atoms with van der Waals surface area (Å²) in [5.41, 5.74) is 3.81. The molecule has 2 atom stereocenters. The summed E-state index contributed by atoms with van der Waals surface area (Å²) in [6, 6.07) is 10.2. The summed E-state index contributed by atoms with van der Waals surface area (Å²) in [6.07, 6.45) is 3.68. The van der Waals surface area contributed by atoms with Gasteiger partial charge in [0, 0.05) is 0 Å². The molecule has 1 aromatic rings. The van der Waals surface area contributed by atoms with Gasteiger partial charge in [-0.15, -0.1) is 0 Å². The Balaban J connectivity index is 1.92. The van der Waals surface area contributed by atoms with Crippen molar-refractivity contribution >= 4 is 0 Å². The number of ether oxygens (including phenoxy) is 1. The van der Waals surface area contributed by atoms with Gasteiger partial charge < -0.3 is 9.84 Å². The van der Waals surface area contributed by atoms with Crippen molar-refractivity contribution in [3.05, 3.63) is 47.0 Å². The Morgan fingerprint density at radius 3 is 2.68 bits per heavy atom. The third-order valence-corrected chi connectivity index (χ3v) is 4.53. The minimum Gasteiger partial charge on any atom is -0.364 e. The van der Waals surface area contributed by atoms with Gasteiger partial charge in [-0.2, -0.15) is 0 Å². The predicted molar refractivity (Wildman–Crippen MR) is 75.5 cm³/mol. The first-order valence-corrected chi connectivity index (χ1v) is 7.19. The molecule has 0 spiro atoms. The highest BCUT2D eigenvalue weighted by molar-refractivity contribution is 5.31. The van der Waals surface area contributed by atoms with E-state index in [1.165, 1.54) is 12.0 Å². The Morgan fingerprint density at radius 1 is 1.21 bits per heavy atom. The Morgan fingerprint density at radius 2 is 1.95 bits per heavy atom. The van der Waals surface area contributed by atoms with Gasteiger partial charge in [-0.25, -0.2) is 0 Å². The lowest BCUT2D eigenvalue weighted by Crippen LogP contribution is -2.35. The summed E-state index contributed by atoms with van der Waals surface area (Å²) >= 11 is 0. The van der Waals surface area contributed by atoms with Gasteiger partial charge in [0.1, 0.15) is 0 Å². The van der Waals surface area contributed by atoms with Crippen LogP contribution >= 0.6 is 0 Å². The largest absolute Gasteiger partial charge is 0.364 e. The van der Waals surface area contributed by atoms with Crippen LogP contribution in [0.5, 0.6) is 0 Å². The molecular weight excluding hydrogens is 236 g/mol. The van der Waals surface area contributed by atoms with Gasteiger partial charge in [0.25, 0.3) is 0 Å². The molecule has 0 saturated heterocycles. The number of hydrogen-bond donors (Lipinski definition) is 1. The molecule has 0 aromatic heterocycles. The summed E-state index contributed by atoms with van der Waals surface area (Å²) in [7, 11) is 0. The van der Waals surface area contributed by atoms with Crippen molar-refractivity contribution in [1.29, 1.82) is 0 Å². The van der Waals surface area contributed by atoms with E-state index < -0.39 is 6.29 Å². The molecule has 2 nitrogen and oxygen atoms in total. The fourth-order valence-corrected chi connectivity index (χ4v) is 3.57. The molecule has 1 aliphatic heterocycles. The molecule has 3 rings (SSSR count). The van der Waals surface area contributed by atoms with Crippen LogP contribution in [0.4, 0.5) is 0 Å². The maximum Gasteiger partial charge on any atom is 0.178 e. The molecule has 102 valence electrons. The van der Waals surface area contributed by atoms with Crippen LogP contribution in [0.3, 0.4) is 0 Å². The van der Waals surface area contributed by atoms with Crippen molar-refractivity contribution in [2.45, 2.75) is 51.9 Å². The number of benzene rings is 1. The fraction of sp³-hybridized carbons (Fsp3) is 0.529. The third-order valence-electron chi connectivity index (χ3n) is 4.53. The first-order chi connectivity index (χ1) is 9.08. The van der Waals surface area contributed by atoms with Crippen molar-refractivity contribution in [3.8, 4) is 0 Å². The smallest absolute Gasteiger partial charge is 0.178 e. The van der Waals surface area contributed by atoms with E-state index in [2.05, 4.69) is 26.0 Å². The standard InChI is InChI=1S/C17H22O2/c1-17(2)10-6-9-13-11-14(19-16(18)15(13)17)12-7-4-3-5-8-12/h3-5,7-8,14,16,18H,6,9-11H2,1-2H3. The lowest BCUT2D eigenvalue weighted by atomic mass is 9.70. The van der Waals surface area contributed by atoms with Gasteiger partial charge in [-0.1, -0.05) is 49.8 Å². The molecule has 0 amide bonds. The third kappa shape index (κ3) is 2.35. The summed E-state index contributed by atoms with van der Waals surface area (Å²) in [6.45, 7) is 4.44. The van der Waals surface area contributed by atoms with E-state index in [-0.39, 0.29) is 11.5 Å². The molecule has 1 aromatic carbocycles. The van der Waals surface area contributed by atoms with Gasteiger partial charge in [-0.3, -0.25) is 0 Å². The highest BCUT2D eigenvalue weighted by Crippen LogP contribution is 2.48. The number of hydrogen-bond acceptors (Lipinski definition) is 2. The second-order valence-electron chi connectivity index (χ2n) is 6.35. The Kier molecular flexibility index (Phi) is 3.23. The molecule has 1 aliphatic carbocycles. The highest BCUT2D eigenvalue weighted by Gasteiger charge is 2.39. The van der Waals surface area contributed by atoms with Crippen LogP contribution in [0.2, 0.25) is 0 Å². The molecule has 0 radical (unpaired) electrons. The molecule has 0 saturated carbocycles. The minimum absolute atomic E-state index is 0.00356. The minimum atomic E-state index is -0.732. The summed E-state index contributed by atoms with van der Waals surface area (Å²) in [5.74, 6) is 0. The number of rotatable bonds is 1. The second-order valence-corrected chi connectivity index (χ2v) is 6.35. The van der Waals surface area contributed by atoms with Crippen molar-refractivity contribution in [2.75, 3.05) is 0 Å². The zero-order chi connectivity index (χ0) is 13.5. The van der Waals surface area contributed by atoms with Crippen LogP contribution in [0, 0.1) is 5.41 Å². The maximum absolute atomic E-state index is 10.4. The highest BCUT2D eigenvalue weighted by atomic mass is 16.6. The van der Waals surface area contributed by atoms with Crippen LogP contribution in [-0.4, -0.2) is 11.4 Å². The molecule has 2 unspecified atom stereocenters.